The predicted octanol–water partition coefficient (Wildman–Crippen LogP) is -1.53. The second-order valence-electron chi connectivity index (χ2n) is 4.24. The van der Waals surface area contributed by atoms with E-state index in [-0.39, 0.29) is 12.3 Å². The Bertz CT molecular complexity index is 457. The van der Waals surface area contributed by atoms with Crippen molar-refractivity contribution in [2.45, 2.75) is 19.4 Å². The molecule has 0 aliphatic rings. The maximum Gasteiger partial charge on any atom is 0.327 e. The van der Waals surface area contributed by atoms with Gasteiger partial charge in [0.1, 0.15) is 6.04 Å². The minimum atomic E-state index is -3.74. The van der Waals surface area contributed by atoms with Crippen LogP contribution in [0.4, 0.5) is 0 Å². The molecule has 0 saturated carbocycles. The summed E-state index contributed by atoms with van der Waals surface area (Å²) in [6, 6.07) is -1.50. The van der Waals surface area contributed by atoms with Crippen molar-refractivity contribution < 1.29 is 27.9 Å². The fraction of sp³-hybridized carbons (Fsp3) is 0.700. The van der Waals surface area contributed by atoms with E-state index in [1.807, 2.05) is 5.32 Å². The molecular formula is C10H18N2O6S. The molecule has 2 N–H and O–H groups in total. The molecule has 0 aliphatic carbocycles. The summed E-state index contributed by atoms with van der Waals surface area (Å²) in [4.78, 5) is 34.1. The molecule has 1 atom stereocenters. The van der Waals surface area contributed by atoms with Crippen LogP contribution in [0.2, 0.25) is 0 Å². The smallest absolute Gasteiger partial charge is 0.327 e. The number of rotatable bonds is 7. The molecule has 0 heterocycles. The Hall–Kier alpha value is -1.64. The Kier molecular flexibility index (Phi) is 6.46. The first-order valence-electron chi connectivity index (χ1n) is 5.45. The molecule has 0 bridgehead atoms. The Morgan fingerprint density at radius 2 is 1.79 bits per heavy atom. The first-order valence-corrected chi connectivity index (χ1v) is 7.28. The highest BCUT2D eigenvalue weighted by Crippen LogP contribution is 2.00. The number of hydrogen-bond donors (Lipinski definition) is 2. The molecular weight excluding hydrogens is 276 g/mol. The third-order valence-corrected chi connectivity index (χ3v) is 3.89. The highest BCUT2D eigenvalue weighted by Gasteiger charge is 2.26. The Morgan fingerprint density at radius 3 is 2.16 bits per heavy atom. The molecule has 0 saturated heterocycles. The van der Waals surface area contributed by atoms with Crippen LogP contribution in [-0.2, 0) is 24.2 Å². The topological polar surface area (TPSA) is 121 Å². The van der Waals surface area contributed by atoms with Crippen LogP contribution in [-0.4, -0.2) is 67.9 Å². The number of aliphatic carboxylic acids is 1. The number of nitrogens with one attached hydrogen (secondary N) is 1. The normalized spacial score (nSPS) is 12.6. The molecule has 0 radical (unpaired) electrons. The van der Waals surface area contributed by atoms with E-state index >= 15 is 0 Å². The summed E-state index contributed by atoms with van der Waals surface area (Å²) >= 11 is 0. The molecule has 0 fully saturated rings. The molecule has 0 aliphatic heterocycles. The van der Waals surface area contributed by atoms with Crippen LogP contribution in [0.3, 0.4) is 0 Å². The maximum absolute atomic E-state index is 11.7. The maximum atomic E-state index is 11.7. The van der Waals surface area contributed by atoms with Gasteiger partial charge in [0, 0.05) is 27.4 Å². The number of carbonyl (C=O) groups is 3. The Balaban J connectivity index is 4.60. The van der Waals surface area contributed by atoms with Crippen LogP contribution in [0.5, 0.6) is 0 Å². The van der Waals surface area contributed by atoms with Crippen LogP contribution in [0, 0.1) is 0 Å². The minimum absolute atomic E-state index is 0.220. The van der Waals surface area contributed by atoms with Crippen molar-refractivity contribution in [3.63, 3.8) is 0 Å². The van der Waals surface area contributed by atoms with E-state index in [0.29, 0.717) is 0 Å². The number of carboxylic acids is 1. The minimum Gasteiger partial charge on any atom is -0.480 e. The zero-order valence-corrected chi connectivity index (χ0v) is 11.9. The van der Waals surface area contributed by atoms with Gasteiger partial charge in [0.25, 0.3) is 0 Å². The quantitative estimate of drug-likeness (QED) is 0.587. The van der Waals surface area contributed by atoms with Crippen LogP contribution in [0.25, 0.3) is 0 Å². The Labute approximate surface area is 111 Å². The summed E-state index contributed by atoms with van der Waals surface area (Å²) in [6.45, 7) is 1.10. The van der Waals surface area contributed by atoms with Crippen molar-refractivity contribution in [2.75, 3.05) is 25.6 Å². The SMILES string of the molecule is CC(=O)NC(CS(=O)(=O)CCC(=O)N(C)C)C(=O)O. The van der Waals surface area contributed by atoms with Crippen LogP contribution in [0.15, 0.2) is 0 Å². The lowest BCUT2D eigenvalue weighted by Crippen LogP contribution is -2.45. The molecule has 0 aromatic heterocycles. The standard InChI is InChI=1S/C10H18N2O6S/c1-7(13)11-8(10(15)16)6-19(17,18)5-4-9(14)12(2)3/h8H,4-6H2,1-3H3,(H,11,13)(H,15,16). The van der Waals surface area contributed by atoms with Gasteiger partial charge >= 0.3 is 5.97 Å². The van der Waals surface area contributed by atoms with Gasteiger partial charge in [-0.15, -0.1) is 0 Å². The zero-order chi connectivity index (χ0) is 15.2. The van der Waals surface area contributed by atoms with E-state index < -0.39 is 39.3 Å². The summed E-state index contributed by atoms with van der Waals surface area (Å²) in [5.41, 5.74) is 0. The third-order valence-electron chi connectivity index (χ3n) is 2.22. The van der Waals surface area contributed by atoms with E-state index in [2.05, 4.69) is 0 Å². The van der Waals surface area contributed by atoms with Gasteiger partial charge in [0.2, 0.25) is 11.8 Å². The lowest BCUT2D eigenvalue weighted by molar-refractivity contribution is -0.140. The number of carboxylic acid groups (broad SMARTS) is 1. The van der Waals surface area contributed by atoms with Gasteiger partial charge in [-0.25, -0.2) is 13.2 Å². The van der Waals surface area contributed by atoms with Crippen molar-refractivity contribution in [3.05, 3.63) is 0 Å². The fourth-order valence-corrected chi connectivity index (χ4v) is 2.61. The molecule has 0 spiro atoms. The molecule has 9 heteroatoms. The zero-order valence-electron chi connectivity index (χ0n) is 11.0. The average Bonchev–Trinajstić information content (AvgIpc) is 2.23. The van der Waals surface area contributed by atoms with Crippen LogP contribution < -0.4 is 5.32 Å². The van der Waals surface area contributed by atoms with E-state index in [9.17, 15) is 22.8 Å². The molecule has 1 unspecified atom stereocenters. The van der Waals surface area contributed by atoms with Gasteiger partial charge in [-0.05, 0) is 0 Å². The lowest BCUT2D eigenvalue weighted by atomic mass is 10.3. The van der Waals surface area contributed by atoms with Crippen LogP contribution in [0.1, 0.15) is 13.3 Å². The summed E-state index contributed by atoms with van der Waals surface area (Å²) < 4.78 is 23.3. The number of sulfone groups is 1. The van der Waals surface area contributed by atoms with E-state index in [4.69, 9.17) is 5.11 Å². The molecule has 2 amide bonds. The van der Waals surface area contributed by atoms with E-state index in [1.165, 1.54) is 19.0 Å². The number of amides is 2. The van der Waals surface area contributed by atoms with Crippen molar-refractivity contribution >= 4 is 27.6 Å². The highest BCUT2D eigenvalue weighted by atomic mass is 32.2. The van der Waals surface area contributed by atoms with E-state index in [1.54, 1.807) is 0 Å². The summed E-state index contributed by atoms with van der Waals surface area (Å²) in [6.07, 6.45) is -0.220. The van der Waals surface area contributed by atoms with Crippen molar-refractivity contribution in [2.24, 2.45) is 0 Å². The number of hydrogen-bond acceptors (Lipinski definition) is 5. The van der Waals surface area contributed by atoms with Crippen LogP contribution >= 0.6 is 0 Å². The largest absolute Gasteiger partial charge is 0.480 e. The first kappa shape index (κ1) is 17.4. The fourth-order valence-electron chi connectivity index (χ4n) is 1.22. The summed E-state index contributed by atoms with van der Waals surface area (Å²) in [5, 5.41) is 10.8. The lowest BCUT2D eigenvalue weighted by Gasteiger charge is -2.14. The van der Waals surface area contributed by atoms with Crippen molar-refractivity contribution in [1.82, 2.24) is 10.2 Å². The molecule has 0 aromatic carbocycles. The molecule has 8 nitrogen and oxygen atoms in total. The predicted molar refractivity (Wildman–Crippen MR) is 67.2 cm³/mol. The third kappa shape index (κ3) is 7.39. The van der Waals surface area contributed by atoms with Gasteiger partial charge in [0.05, 0.1) is 11.5 Å². The highest BCUT2D eigenvalue weighted by molar-refractivity contribution is 7.91. The molecule has 0 aromatic rings. The molecule has 0 rings (SSSR count). The second-order valence-corrected chi connectivity index (χ2v) is 6.47. The average molecular weight is 294 g/mol. The second kappa shape index (κ2) is 7.07. The van der Waals surface area contributed by atoms with Gasteiger partial charge in [-0.3, -0.25) is 9.59 Å². The Morgan fingerprint density at radius 1 is 1.26 bits per heavy atom. The monoisotopic (exact) mass is 294 g/mol. The van der Waals surface area contributed by atoms with Crippen molar-refractivity contribution in [3.8, 4) is 0 Å². The molecule has 110 valence electrons. The van der Waals surface area contributed by atoms with E-state index in [0.717, 1.165) is 6.92 Å². The van der Waals surface area contributed by atoms with Gasteiger partial charge < -0.3 is 15.3 Å². The van der Waals surface area contributed by atoms with Crippen molar-refractivity contribution in [1.29, 1.82) is 0 Å². The van der Waals surface area contributed by atoms with Gasteiger partial charge in [-0.2, -0.15) is 0 Å². The number of nitrogens with zero attached hydrogens (tertiary/aromatic N) is 1. The summed E-state index contributed by atoms with van der Waals surface area (Å²) in [7, 11) is -0.758. The van der Waals surface area contributed by atoms with Gasteiger partial charge in [-0.1, -0.05) is 0 Å². The summed E-state index contributed by atoms with van der Waals surface area (Å²) in [5.74, 6) is -3.62. The molecule has 19 heavy (non-hydrogen) atoms. The number of carbonyl (C=O) groups excluding carboxylic acids is 2. The first-order chi connectivity index (χ1) is 8.55. The van der Waals surface area contributed by atoms with Gasteiger partial charge in [0.15, 0.2) is 9.84 Å².